The first-order valence-electron chi connectivity index (χ1n) is 10.1. The number of rotatable bonds is 9. The Bertz CT molecular complexity index is 1070. The average molecular weight is 466 g/mol. The monoisotopic (exact) mass is 466 g/mol. The van der Waals surface area contributed by atoms with E-state index in [1.54, 1.807) is 0 Å². The van der Waals surface area contributed by atoms with E-state index in [-0.39, 0.29) is 6.08 Å². The number of aryl methyl sites for hydroxylation is 1. The molecule has 0 spiro atoms. The lowest BCUT2D eigenvalue weighted by Gasteiger charge is -2.19. The molecule has 3 rings (SSSR count). The van der Waals surface area contributed by atoms with Crippen molar-refractivity contribution < 1.29 is 35.8 Å². The Labute approximate surface area is 187 Å². The third kappa shape index (κ3) is 6.31. The van der Waals surface area contributed by atoms with Gasteiger partial charge in [0.15, 0.2) is 17.4 Å². The Morgan fingerprint density at radius 2 is 1.42 bits per heavy atom. The molecule has 0 unspecified atom stereocenters. The van der Waals surface area contributed by atoms with Gasteiger partial charge in [0.1, 0.15) is 5.75 Å². The Hall–Kier alpha value is -3.42. The van der Waals surface area contributed by atoms with E-state index in [9.17, 15) is 26.3 Å². The van der Waals surface area contributed by atoms with Gasteiger partial charge in [-0.05, 0) is 35.2 Å². The molecule has 0 N–H and O–H groups in total. The summed E-state index contributed by atoms with van der Waals surface area (Å²) in [5, 5.41) is 0. The predicted octanol–water partition coefficient (Wildman–Crippen LogP) is 7.87. The zero-order chi connectivity index (χ0) is 24.0. The summed E-state index contributed by atoms with van der Waals surface area (Å²) in [4.78, 5) is 0. The number of halogens is 6. The zero-order valence-electron chi connectivity index (χ0n) is 17.5. The molecular weight excluding hydrogens is 446 g/mol. The number of hydrogen-bond acceptors (Lipinski definition) is 2. The van der Waals surface area contributed by atoms with Crippen molar-refractivity contribution in [1.29, 1.82) is 0 Å². The number of hydrogen-bond donors (Lipinski definition) is 0. The molecule has 2 nitrogen and oxygen atoms in total. The lowest BCUT2D eigenvalue weighted by Crippen LogP contribution is -2.22. The fraction of sp³-hybridized carbons (Fsp3) is 0.200. The molecule has 0 aliphatic rings. The van der Waals surface area contributed by atoms with Gasteiger partial charge in [-0.2, -0.15) is 8.78 Å². The molecule has 0 saturated carbocycles. The summed E-state index contributed by atoms with van der Waals surface area (Å²) < 4.78 is 90.3. The summed E-state index contributed by atoms with van der Waals surface area (Å²) in [6, 6.07) is 14.0. The first-order chi connectivity index (χ1) is 15.7. The van der Waals surface area contributed by atoms with Crippen molar-refractivity contribution in [2.24, 2.45) is 0 Å². The maximum absolute atomic E-state index is 14.6. The third-order valence-electron chi connectivity index (χ3n) is 4.67. The molecule has 33 heavy (non-hydrogen) atoms. The highest BCUT2D eigenvalue weighted by Gasteiger charge is 2.35. The Morgan fingerprint density at radius 3 is 1.94 bits per heavy atom. The minimum absolute atomic E-state index is 0.265. The molecule has 3 aromatic rings. The van der Waals surface area contributed by atoms with E-state index in [2.05, 4.69) is 16.4 Å². The van der Waals surface area contributed by atoms with Gasteiger partial charge in [-0.1, -0.05) is 49.7 Å². The van der Waals surface area contributed by atoms with Crippen LogP contribution in [0.3, 0.4) is 0 Å². The molecule has 0 atom stereocenters. The maximum atomic E-state index is 14.6. The van der Waals surface area contributed by atoms with E-state index in [1.165, 1.54) is 17.7 Å². The van der Waals surface area contributed by atoms with Gasteiger partial charge in [0.25, 0.3) is 6.43 Å². The molecule has 0 heterocycles. The molecule has 0 fully saturated rings. The van der Waals surface area contributed by atoms with Gasteiger partial charge >= 0.3 is 6.11 Å². The average Bonchev–Trinajstić information content (AvgIpc) is 2.76. The van der Waals surface area contributed by atoms with E-state index >= 15 is 0 Å². The van der Waals surface area contributed by atoms with Crippen LogP contribution in [0, 0.1) is 11.6 Å². The Kier molecular flexibility index (Phi) is 7.68. The topological polar surface area (TPSA) is 18.5 Å². The molecule has 0 bridgehead atoms. The second-order valence-electron chi connectivity index (χ2n) is 7.14. The van der Waals surface area contributed by atoms with E-state index in [0.29, 0.717) is 24.0 Å². The molecule has 3 aromatic carbocycles. The molecule has 174 valence electrons. The second kappa shape index (κ2) is 10.5. The van der Waals surface area contributed by atoms with Crippen molar-refractivity contribution in [3.8, 4) is 22.6 Å². The number of benzene rings is 3. The summed E-state index contributed by atoms with van der Waals surface area (Å²) in [5.41, 5.74) is 2.23. The SMILES string of the molecule is CCCc1ccc(-c2ccc(C(F)(F)Oc3cc(F)c(O/C=C/C(F)F)c(F)c3)cc2)cc1. The highest BCUT2D eigenvalue weighted by atomic mass is 19.3. The minimum Gasteiger partial charge on any atom is -0.459 e. The molecule has 0 saturated heterocycles. The van der Waals surface area contributed by atoms with E-state index in [0.717, 1.165) is 30.5 Å². The molecule has 0 amide bonds. The number of alkyl halides is 4. The molecule has 0 radical (unpaired) electrons. The van der Waals surface area contributed by atoms with Gasteiger partial charge in [0.2, 0.25) is 0 Å². The first kappa shape index (κ1) is 24.2. The van der Waals surface area contributed by atoms with Crippen molar-refractivity contribution in [3.63, 3.8) is 0 Å². The minimum atomic E-state index is -3.89. The quantitative estimate of drug-likeness (QED) is 0.236. The van der Waals surface area contributed by atoms with Gasteiger partial charge in [-0.25, -0.2) is 17.6 Å². The van der Waals surface area contributed by atoms with Crippen LogP contribution in [0.4, 0.5) is 26.3 Å². The third-order valence-corrected chi connectivity index (χ3v) is 4.67. The van der Waals surface area contributed by atoms with Crippen LogP contribution in [0.25, 0.3) is 11.1 Å². The van der Waals surface area contributed by atoms with Crippen molar-refractivity contribution in [2.75, 3.05) is 0 Å². The first-order valence-corrected chi connectivity index (χ1v) is 10.1. The Balaban J connectivity index is 1.74. The fourth-order valence-electron chi connectivity index (χ4n) is 3.09. The molecular formula is C25H20F6O2. The highest BCUT2D eigenvalue weighted by Crippen LogP contribution is 2.35. The van der Waals surface area contributed by atoms with Gasteiger partial charge in [0, 0.05) is 18.2 Å². The van der Waals surface area contributed by atoms with Crippen LogP contribution in [0.5, 0.6) is 11.5 Å². The van der Waals surface area contributed by atoms with Gasteiger partial charge in [-0.3, -0.25) is 0 Å². The largest absolute Gasteiger partial charge is 0.459 e. The van der Waals surface area contributed by atoms with Crippen LogP contribution < -0.4 is 9.47 Å². The van der Waals surface area contributed by atoms with Gasteiger partial charge < -0.3 is 9.47 Å². The van der Waals surface area contributed by atoms with E-state index in [4.69, 9.17) is 0 Å². The number of allylic oxidation sites excluding steroid dienone is 1. The highest BCUT2D eigenvalue weighted by molar-refractivity contribution is 5.64. The van der Waals surface area contributed by atoms with Crippen LogP contribution in [0.2, 0.25) is 0 Å². The normalized spacial score (nSPS) is 11.9. The summed E-state index contributed by atoms with van der Waals surface area (Å²) in [6.07, 6.45) is -4.14. The lowest BCUT2D eigenvalue weighted by atomic mass is 10.0. The Morgan fingerprint density at radius 1 is 0.879 bits per heavy atom. The fourth-order valence-corrected chi connectivity index (χ4v) is 3.09. The van der Waals surface area contributed by atoms with Crippen LogP contribution in [-0.4, -0.2) is 6.43 Å². The van der Waals surface area contributed by atoms with Crippen molar-refractivity contribution in [1.82, 2.24) is 0 Å². The standard InChI is InChI=1S/C25H20F6O2/c1-2-3-16-4-6-17(7-5-16)18-8-10-19(11-9-18)25(30,31)33-20-14-21(26)24(22(27)15-20)32-13-12-23(28)29/h4-15,23H,2-3H2,1H3/b13-12+. The molecule has 0 aliphatic heterocycles. The second-order valence-corrected chi connectivity index (χ2v) is 7.14. The summed E-state index contributed by atoms with van der Waals surface area (Å²) in [7, 11) is 0. The van der Waals surface area contributed by atoms with E-state index < -0.39 is 41.2 Å². The zero-order valence-corrected chi connectivity index (χ0v) is 17.5. The summed E-state index contributed by atoms with van der Waals surface area (Å²) in [6.45, 7) is 2.08. The smallest absolute Gasteiger partial charge is 0.426 e. The maximum Gasteiger partial charge on any atom is 0.426 e. The van der Waals surface area contributed by atoms with Crippen molar-refractivity contribution in [2.45, 2.75) is 32.3 Å². The molecule has 0 aliphatic carbocycles. The van der Waals surface area contributed by atoms with Crippen LogP contribution in [0.15, 0.2) is 73.0 Å². The van der Waals surface area contributed by atoms with Gasteiger partial charge in [-0.15, -0.1) is 0 Å². The molecule has 8 heteroatoms. The van der Waals surface area contributed by atoms with Crippen molar-refractivity contribution in [3.05, 3.63) is 95.8 Å². The van der Waals surface area contributed by atoms with E-state index in [1.807, 2.05) is 24.3 Å². The summed E-state index contributed by atoms with van der Waals surface area (Å²) >= 11 is 0. The molecule has 0 aromatic heterocycles. The van der Waals surface area contributed by atoms with Crippen LogP contribution in [-0.2, 0) is 12.5 Å². The predicted molar refractivity (Wildman–Crippen MR) is 113 cm³/mol. The van der Waals surface area contributed by atoms with Crippen molar-refractivity contribution >= 4 is 0 Å². The van der Waals surface area contributed by atoms with Gasteiger partial charge in [0.05, 0.1) is 11.8 Å². The lowest BCUT2D eigenvalue weighted by molar-refractivity contribution is -0.185. The summed E-state index contributed by atoms with van der Waals surface area (Å²) in [5.74, 6) is -4.59. The van der Waals surface area contributed by atoms with Crippen LogP contribution in [0.1, 0.15) is 24.5 Å². The number of ether oxygens (including phenoxy) is 2. The van der Waals surface area contributed by atoms with Crippen LogP contribution >= 0.6 is 0 Å².